The first-order valence-corrected chi connectivity index (χ1v) is 39.3. The average Bonchev–Trinajstić information content (AvgIpc) is 1.57. The molecule has 0 N–H and O–H groups in total. The van der Waals surface area contributed by atoms with Gasteiger partial charge in [0.15, 0.2) is 5.82 Å². The van der Waals surface area contributed by atoms with Gasteiger partial charge in [0.25, 0.3) is 0 Å². The largest absolute Gasteiger partial charge is 0.309 e. The Balaban J connectivity index is 0.642. The van der Waals surface area contributed by atoms with E-state index in [1.165, 1.54) is 132 Å². The van der Waals surface area contributed by atoms with Crippen molar-refractivity contribution in [2.75, 3.05) is 0 Å². The van der Waals surface area contributed by atoms with E-state index < -0.39 is 0 Å². The Labute approximate surface area is 650 Å². The summed E-state index contributed by atoms with van der Waals surface area (Å²) in [6.45, 7) is 14.1. The van der Waals surface area contributed by atoms with Gasteiger partial charge in [0, 0.05) is 82.1 Å². The molecule has 0 fully saturated rings. The van der Waals surface area contributed by atoms with Crippen molar-refractivity contribution in [3.05, 3.63) is 379 Å². The second-order valence-corrected chi connectivity index (χ2v) is 32.8. The molecular weight excluding hydrogens is 1360 g/mol. The standard InChI is InChI=1S/C107H75N5/c1-105(2)90-31-13-7-25-77(90)83-57-66(39-48-93(83)105)70-43-52-100-86(60-70)80-28-10-16-34-97(80)110(100)74-46-37-64(38-47-74)104-108-96-51-42-69(65-21-19-23-75(55-65)111-98-35-17-11-29-81(98)87-61-71(44-53-101(87)111)67-40-49-94-84(58-67)78-26-8-14-32-91(78)106(94,3)4)63-89(96)103(109-104)73-22-20-24-76(56-73)112-99-36-18-12-30-82(99)88-62-72(45-54-102(88)112)68-41-50-95-85(59-68)79-27-9-15-33-92(79)107(95,5)6/h7-63H,1-6H3. The van der Waals surface area contributed by atoms with E-state index in [0.717, 1.165) is 89.0 Å². The molecule has 0 saturated carbocycles. The van der Waals surface area contributed by atoms with Gasteiger partial charge in [0.2, 0.25) is 0 Å². The van der Waals surface area contributed by atoms with E-state index in [0.29, 0.717) is 5.82 Å². The third-order valence-electron chi connectivity index (χ3n) is 25.7. The number of nitrogens with zero attached hydrogens (tertiary/aromatic N) is 5. The lowest BCUT2D eigenvalue weighted by molar-refractivity contribution is 0.660. The Morgan fingerprint density at radius 1 is 0.196 bits per heavy atom. The summed E-state index contributed by atoms with van der Waals surface area (Å²) in [5.41, 5.74) is 39.3. The maximum Gasteiger partial charge on any atom is 0.160 e. The number of benzene rings is 16. The fraction of sp³-hybridized carbons (Fsp3) is 0.0841. The van der Waals surface area contributed by atoms with Gasteiger partial charge >= 0.3 is 0 Å². The highest BCUT2D eigenvalue weighted by molar-refractivity contribution is 6.14. The molecule has 0 spiro atoms. The molecule has 528 valence electrons. The van der Waals surface area contributed by atoms with Crippen molar-refractivity contribution in [3.63, 3.8) is 0 Å². The maximum absolute atomic E-state index is 5.75. The number of fused-ring (bicyclic) bond motifs is 19. The third kappa shape index (κ3) is 9.37. The number of hydrogen-bond donors (Lipinski definition) is 0. The Morgan fingerprint density at radius 2 is 0.509 bits per heavy atom. The molecule has 4 aromatic heterocycles. The molecule has 0 saturated heterocycles. The number of para-hydroxylation sites is 3. The van der Waals surface area contributed by atoms with Crippen molar-refractivity contribution in [1.82, 2.24) is 23.7 Å². The minimum atomic E-state index is -0.0609. The van der Waals surface area contributed by atoms with Crippen LogP contribution in [0.1, 0.15) is 74.9 Å². The molecule has 3 aliphatic carbocycles. The number of aromatic nitrogens is 5. The van der Waals surface area contributed by atoms with Gasteiger partial charge in [0.05, 0.1) is 44.3 Å². The second kappa shape index (κ2) is 23.6. The van der Waals surface area contributed by atoms with Gasteiger partial charge in [-0.05, 0) is 245 Å². The van der Waals surface area contributed by atoms with Crippen LogP contribution in [0.25, 0.3) is 194 Å². The van der Waals surface area contributed by atoms with Crippen LogP contribution in [0.4, 0.5) is 0 Å². The normalized spacial score (nSPS) is 14.0. The van der Waals surface area contributed by atoms with E-state index in [1.807, 2.05) is 0 Å². The summed E-state index contributed by atoms with van der Waals surface area (Å²) in [6.07, 6.45) is 0. The fourth-order valence-corrected chi connectivity index (χ4v) is 20.0. The molecule has 0 bridgehead atoms. The van der Waals surface area contributed by atoms with E-state index in [2.05, 4.69) is 401 Å². The van der Waals surface area contributed by atoms with E-state index >= 15 is 0 Å². The minimum absolute atomic E-state index is 0.0493. The van der Waals surface area contributed by atoms with Gasteiger partial charge in [-0.1, -0.05) is 254 Å². The van der Waals surface area contributed by atoms with Crippen LogP contribution < -0.4 is 0 Å². The molecule has 5 heteroatoms. The zero-order chi connectivity index (χ0) is 74.6. The van der Waals surface area contributed by atoms with E-state index in [4.69, 9.17) is 9.97 Å². The third-order valence-corrected chi connectivity index (χ3v) is 25.7. The number of rotatable bonds is 9. The molecule has 16 aromatic carbocycles. The molecule has 0 unspecified atom stereocenters. The molecule has 0 aliphatic heterocycles. The predicted molar refractivity (Wildman–Crippen MR) is 468 cm³/mol. The summed E-state index contributed by atoms with van der Waals surface area (Å²) in [5.74, 6) is 0.657. The van der Waals surface area contributed by atoms with Crippen LogP contribution in [0.3, 0.4) is 0 Å². The van der Waals surface area contributed by atoms with Crippen LogP contribution in [0, 0.1) is 0 Å². The summed E-state index contributed by atoms with van der Waals surface area (Å²) < 4.78 is 7.28. The van der Waals surface area contributed by atoms with Gasteiger partial charge < -0.3 is 13.7 Å². The van der Waals surface area contributed by atoms with Crippen molar-refractivity contribution in [1.29, 1.82) is 0 Å². The van der Waals surface area contributed by atoms with Crippen molar-refractivity contribution in [3.8, 4) is 118 Å². The highest BCUT2D eigenvalue weighted by atomic mass is 15.0. The lowest BCUT2D eigenvalue weighted by atomic mass is 9.82. The van der Waals surface area contributed by atoms with E-state index in [-0.39, 0.29) is 16.2 Å². The lowest BCUT2D eigenvalue weighted by Gasteiger charge is -2.21. The highest BCUT2D eigenvalue weighted by Gasteiger charge is 2.38. The van der Waals surface area contributed by atoms with E-state index in [9.17, 15) is 0 Å². The zero-order valence-electron chi connectivity index (χ0n) is 63.1. The summed E-state index contributed by atoms with van der Waals surface area (Å²) in [6, 6.07) is 129. The Hall–Kier alpha value is -13.7. The molecule has 3 aliphatic rings. The van der Waals surface area contributed by atoms with Gasteiger partial charge in [-0.15, -0.1) is 0 Å². The van der Waals surface area contributed by atoms with Crippen LogP contribution in [0.5, 0.6) is 0 Å². The van der Waals surface area contributed by atoms with Gasteiger partial charge in [-0.25, -0.2) is 9.97 Å². The highest BCUT2D eigenvalue weighted by Crippen LogP contribution is 2.54. The topological polar surface area (TPSA) is 40.6 Å². The lowest BCUT2D eigenvalue weighted by Crippen LogP contribution is -2.14. The molecular formula is C107H75N5. The van der Waals surface area contributed by atoms with Crippen molar-refractivity contribution >= 4 is 76.3 Å². The second-order valence-electron chi connectivity index (χ2n) is 32.8. The van der Waals surface area contributed by atoms with Gasteiger partial charge in [0.1, 0.15) is 0 Å². The summed E-state index contributed by atoms with van der Waals surface area (Å²) in [4.78, 5) is 11.3. The molecule has 0 atom stereocenters. The SMILES string of the molecule is CC1(C)c2ccccc2-c2cc(-c3ccc4c(c3)c3ccccc3n4-c3ccc(-c4nc(-c5cccc(-n6c7ccccc7c7cc(-c8ccc9c(c8)-c8ccccc8C9(C)C)ccc76)c5)c5cc(-c6cccc(-n7c8ccccc8c8cc(-c9ccc%10c(c9)-c9ccccc9C%10(C)C)ccc87)c6)ccc5n4)cc3)ccc21. The molecule has 4 heterocycles. The van der Waals surface area contributed by atoms with Crippen LogP contribution in [-0.2, 0) is 16.2 Å². The summed E-state index contributed by atoms with van der Waals surface area (Å²) in [5, 5.41) is 8.25. The van der Waals surface area contributed by atoms with Crippen LogP contribution in [0.15, 0.2) is 346 Å². The monoisotopic (exact) mass is 1430 g/mol. The van der Waals surface area contributed by atoms with Crippen molar-refractivity contribution in [2.24, 2.45) is 0 Å². The molecule has 5 nitrogen and oxygen atoms in total. The van der Waals surface area contributed by atoms with Gasteiger partial charge in [-0.3, -0.25) is 0 Å². The quantitative estimate of drug-likeness (QED) is 0.144. The van der Waals surface area contributed by atoms with Crippen molar-refractivity contribution < 1.29 is 0 Å². The fourth-order valence-electron chi connectivity index (χ4n) is 20.0. The Bertz CT molecular complexity index is 7470. The summed E-state index contributed by atoms with van der Waals surface area (Å²) in [7, 11) is 0. The molecule has 20 aromatic rings. The van der Waals surface area contributed by atoms with Crippen LogP contribution >= 0.6 is 0 Å². The number of hydrogen-bond acceptors (Lipinski definition) is 2. The molecule has 23 rings (SSSR count). The maximum atomic E-state index is 5.75. The van der Waals surface area contributed by atoms with Crippen molar-refractivity contribution in [2.45, 2.75) is 57.8 Å². The first kappa shape index (κ1) is 64.3. The van der Waals surface area contributed by atoms with Crippen LogP contribution in [0.2, 0.25) is 0 Å². The first-order chi connectivity index (χ1) is 54.8. The molecule has 0 radical (unpaired) electrons. The minimum Gasteiger partial charge on any atom is -0.309 e. The zero-order valence-corrected chi connectivity index (χ0v) is 63.1. The van der Waals surface area contributed by atoms with E-state index in [1.54, 1.807) is 0 Å². The Morgan fingerprint density at radius 3 is 0.946 bits per heavy atom. The predicted octanol–water partition coefficient (Wildman–Crippen LogP) is 27.8. The smallest absolute Gasteiger partial charge is 0.160 e. The summed E-state index contributed by atoms with van der Waals surface area (Å²) >= 11 is 0. The Kier molecular flexibility index (Phi) is 13.6. The first-order valence-electron chi connectivity index (χ1n) is 39.3. The molecule has 0 amide bonds. The molecule has 112 heavy (non-hydrogen) atoms. The average molecular weight is 1430 g/mol. The van der Waals surface area contributed by atoms with Gasteiger partial charge in [-0.2, -0.15) is 0 Å². The van der Waals surface area contributed by atoms with Crippen LogP contribution in [-0.4, -0.2) is 23.7 Å².